The summed E-state index contributed by atoms with van der Waals surface area (Å²) in [7, 11) is 0. The molecule has 4 saturated carbocycles. The number of carbonyl (C=O) groups excluding carboxylic acids is 2. The zero-order valence-corrected chi connectivity index (χ0v) is 18.8. The third kappa shape index (κ3) is 3.52. The number of nitriles is 2. The molecule has 0 unspecified atom stereocenters. The topological polar surface area (TPSA) is 106 Å². The van der Waals surface area contributed by atoms with E-state index in [4.69, 9.17) is 0 Å². The molecule has 2 amide bonds. The first-order valence-corrected chi connectivity index (χ1v) is 11.9. The Kier molecular flexibility index (Phi) is 5.39. The van der Waals surface area contributed by atoms with E-state index < -0.39 is 17.2 Å². The van der Waals surface area contributed by atoms with Crippen LogP contribution in [-0.4, -0.2) is 23.6 Å². The SMILES string of the molecule is C[C@@H](NC(=O)CSC1=C(C#N)C(C)(C)[C@H](C#N)C(=O)N1)C12CC3CC(CC(C3)C1)C2. The molecule has 0 spiro atoms. The van der Waals surface area contributed by atoms with Crippen molar-refractivity contribution >= 4 is 23.6 Å². The Bertz CT molecular complexity index is 843. The average Bonchev–Trinajstić information content (AvgIpc) is 2.64. The normalized spacial score (nSPS) is 37.2. The summed E-state index contributed by atoms with van der Waals surface area (Å²) >= 11 is 1.18. The zero-order chi connectivity index (χ0) is 21.7. The van der Waals surface area contributed by atoms with Crippen LogP contribution in [-0.2, 0) is 9.59 Å². The summed E-state index contributed by atoms with van der Waals surface area (Å²) in [4.78, 5) is 25.0. The molecule has 4 aliphatic carbocycles. The molecular formula is C23H30N4O2S. The molecule has 5 rings (SSSR count). The van der Waals surface area contributed by atoms with Crippen molar-refractivity contribution in [3.8, 4) is 12.1 Å². The molecule has 5 aliphatic rings. The van der Waals surface area contributed by atoms with Crippen molar-refractivity contribution in [2.75, 3.05) is 5.75 Å². The van der Waals surface area contributed by atoms with Crippen LogP contribution in [0.25, 0.3) is 0 Å². The first kappa shape index (κ1) is 21.2. The molecule has 2 atom stereocenters. The Morgan fingerprint density at radius 1 is 1.20 bits per heavy atom. The standard InChI is InChI=1S/C23H30N4O2S/c1-13(23-7-14-4-15(8-23)6-16(5-14)9-23)26-19(28)12-30-21-18(11-25)22(2,3)17(10-24)20(29)27-21/h13-17H,4-9,12H2,1-3H3,(H,26,28)(H,27,29)/t13-,14?,15?,16?,17-,23?/m1/s1. The molecular weight excluding hydrogens is 396 g/mol. The van der Waals surface area contributed by atoms with Gasteiger partial charge in [-0.15, -0.1) is 0 Å². The summed E-state index contributed by atoms with van der Waals surface area (Å²) in [5.41, 5.74) is -0.273. The third-order valence-electron chi connectivity index (χ3n) is 8.06. The minimum Gasteiger partial charge on any atom is -0.352 e. The van der Waals surface area contributed by atoms with Gasteiger partial charge in [0, 0.05) is 11.5 Å². The van der Waals surface area contributed by atoms with Crippen LogP contribution in [0.1, 0.15) is 59.3 Å². The Balaban J connectivity index is 1.40. The van der Waals surface area contributed by atoms with Gasteiger partial charge < -0.3 is 10.6 Å². The first-order valence-electron chi connectivity index (χ1n) is 11.0. The van der Waals surface area contributed by atoms with Gasteiger partial charge in [0.25, 0.3) is 0 Å². The molecule has 6 nitrogen and oxygen atoms in total. The number of allylic oxidation sites excluding steroid dienone is 1. The van der Waals surface area contributed by atoms with Gasteiger partial charge in [-0.1, -0.05) is 25.6 Å². The molecule has 2 N–H and O–H groups in total. The van der Waals surface area contributed by atoms with Gasteiger partial charge >= 0.3 is 0 Å². The lowest BCUT2D eigenvalue weighted by Crippen LogP contribution is -2.56. The summed E-state index contributed by atoms with van der Waals surface area (Å²) in [6.07, 6.45) is 7.82. The van der Waals surface area contributed by atoms with Gasteiger partial charge in [-0.05, 0) is 68.6 Å². The van der Waals surface area contributed by atoms with E-state index in [0.29, 0.717) is 10.6 Å². The highest BCUT2D eigenvalue weighted by molar-refractivity contribution is 8.03. The molecule has 160 valence electrons. The summed E-state index contributed by atoms with van der Waals surface area (Å²) in [5, 5.41) is 25.2. The smallest absolute Gasteiger partial charge is 0.243 e. The highest BCUT2D eigenvalue weighted by Crippen LogP contribution is 2.61. The van der Waals surface area contributed by atoms with Gasteiger partial charge in [-0.3, -0.25) is 9.59 Å². The highest BCUT2D eigenvalue weighted by Gasteiger charge is 2.53. The van der Waals surface area contributed by atoms with Crippen LogP contribution in [0.3, 0.4) is 0 Å². The van der Waals surface area contributed by atoms with E-state index in [0.717, 1.165) is 17.8 Å². The van der Waals surface area contributed by atoms with E-state index in [1.54, 1.807) is 13.8 Å². The lowest BCUT2D eigenvalue weighted by molar-refractivity contribution is -0.125. The van der Waals surface area contributed by atoms with Gasteiger partial charge in [-0.25, -0.2) is 0 Å². The largest absolute Gasteiger partial charge is 0.352 e. The van der Waals surface area contributed by atoms with Crippen molar-refractivity contribution in [3.05, 3.63) is 10.6 Å². The summed E-state index contributed by atoms with van der Waals surface area (Å²) in [5.74, 6) is 1.25. The molecule has 0 saturated heterocycles. The number of nitrogens with zero attached hydrogens (tertiary/aromatic N) is 2. The average molecular weight is 427 g/mol. The number of carbonyl (C=O) groups is 2. The summed E-state index contributed by atoms with van der Waals surface area (Å²) in [6.45, 7) is 5.61. The van der Waals surface area contributed by atoms with Crippen molar-refractivity contribution < 1.29 is 9.59 Å². The number of hydrogen-bond acceptors (Lipinski definition) is 5. The van der Waals surface area contributed by atoms with Crippen LogP contribution < -0.4 is 10.6 Å². The molecule has 7 heteroatoms. The fraction of sp³-hybridized carbons (Fsp3) is 0.739. The highest BCUT2D eigenvalue weighted by atomic mass is 32.2. The van der Waals surface area contributed by atoms with Crippen LogP contribution in [0.15, 0.2) is 10.6 Å². The molecule has 1 aliphatic heterocycles. The number of hydrogen-bond donors (Lipinski definition) is 2. The van der Waals surface area contributed by atoms with E-state index in [9.17, 15) is 20.1 Å². The minimum absolute atomic E-state index is 0.0671. The molecule has 0 aromatic carbocycles. The number of nitrogens with one attached hydrogen (secondary N) is 2. The van der Waals surface area contributed by atoms with Gasteiger partial charge in [-0.2, -0.15) is 10.5 Å². The van der Waals surface area contributed by atoms with Gasteiger partial charge in [0.1, 0.15) is 5.92 Å². The molecule has 30 heavy (non-hydrogen) atoms. The fourth-order valence-corrected chi connectivity index (χ4v) is 7.80. The monoisotopic (exact) mass is 426 g/mol. The zero-order valence-electron chi connectivity index (χ0n) is 18.0. The fourth-order valence-electron chi connectivity index (χ4n) is 6.82. The quantitative estimate of drug-likeness (QED) is 0.700. The van der Waals surface area contributed by atoms with Crippen LogP contribution in [0, 0.1) is 57.2 Å². The van der Waals surface area contributed by atoms with E-state index in [1.807, 2.05) is 6.07 Å². The van der Waals surface area contributed by atoms with E-state index in [2.05, 4.69) is 23.6 Å². The lowest BCUT2D eigenvalue weighted by Gasteiger charge is -2.59. The Morgan fingerprint density at radius 2 is 1.77 bits per heavy atom. The predicted octanol–water partition coefficient (Wildman–Crippen LogP) is 3.47. The lowest BCUT2D eigenvalue weighted by atomic mass is 9.48. The number of thioether (sulfide) groups is 1. The van der Waals surface area contributed by atoms with Crippen LogP contribution in [0.4, 0.5) is 0 Å². The maximum atomic E-state index is 12.7. The molecule has 4 bridgehead atoms. The maximum absolute atomic E-state index is 12.7. The van der Waals surface area contributed by atoms with Crippen molar-refractivity contribution in [2.24, 2.45) is 34.5 Å². The summed E-state index contributed by atoms with van der Waals surface area (Å²) < 4.78 is 0. The third-order valence-corrected chi connectivity index (χ3v) is 9.06. The van der Waals surface area contributed by atoms with Crippen LogP contribution in [0.2, 0.25) is 0 Å². The second-order valence-electron chi connectivity index (χ2n) is 10.4. The molecule has 0 aromatic rings. The van der Waals surface area contributed by atoms with E-state index in [1.165, 1.54) is 50.3 Å². The Morgan fingerprint density at radius 3 is 2.27 bits per heavy atom. The van der Waals surface area contributed by atoms with Crippen LogP contribution in [0.5, 0.6) is 0 Å². The number of amides is 2. The maximum Gasteiger partial charge on any atom is 0.243 e. The molecule has 4 fully saturated rings. The Labute approximate surface area is 182 Å². The van der Waals surface area contributed by atoms with Crippen molar-refractivity contribution in [1.82, 2.24) is 10.6 Å². The van der Waals surface area contributed by atoms with Gasteiger partial charge in [0.2, 0.25) is 11.8 Å². The molecule has 1 heterocycles. The van der Waals surface area contributed by atoms with Gasteiger partial charge in [0.05, 0.1) is 28.5 Å². The first-order chi connectivity index (χ1) is 14.2. The van der Waals surface area contributed by atoms with Crippen LogP contribution >= 0.6 is 11.8 Å². The van der Waals surface area contributed by atoms with E-state index in [-0.39, 0.29) is 23.1 Å². The molecule has 0 aromatic heterocycles. The predicted molar refractivity (Wildman–Crippen MR) is 114 cm³/mol. The Hall–Kier alpha value is -1.99. The van der Waals surface area contributed by atoms with Crippen molar-refractivity contribution in [1.29, 1.82) is 10.5 Å². The van der Waals surface area contributed by atoms with Crippen molar-refractivity contribution in [2.45, 2.75) is 65.3 Å². The minimum atomic E-state index is -0.915. The second kappa shape index (κ2) is 7.61. The second-order valence-corrected chi connectivity index (χ2v) is 11.4. The summed E-state index contributed by atoms with van der Waals surface area (Å²) in [6, 6.07) is 4.28. The molecule has 0 radical (unpaired) electrons. The van der Waals surface area contributed by atoms with Gasteiger partial charge in [0.15, 0.2) is 0 Å². The number of rotatable bonds is 5. The van der Waals surface area contributed by atoms with Crippen molar-refractivity contribution in [3.63, 3.8) is 0 Å². The van der Waals surface area contributed by atoms with E-state index >= 15 is 0 Å².